The first-order valence-corrected chi connectivity index (χ1v) is 8.62. The summed E-state index contributed by atoms with van der Waals surface area (Å²) in [7, 11) is 0. The average molecular weight is 314 g/mol. The first-order valence-electron chi connectivity index (χ1n) is 8.24. The minimum absolute atomic E-state index is 0.162. The molecule has 1 aromatic heterocycles. The van der Waals surface area contributed by atoms with Crippen LogP contribution in [0.2, 0.25) is 5.02 Å². The van der Waals surface area contributed by atoms with Gasteiger partial charge in [-0.05, 0) is 73.8 Å². The Morgan fingerprint density at radius 3 is 2.73 bits per heavy atom. The highest BCUT2D eigenvalue weighted by molar-refractivity contribution is 6.30. The normalized spacial score (nSPS) is 17.3. The van der Waals surface area contributed by atoms with Gasteiger partial charge in [0.1, 0.15) is 0 Å². The Bertz CT molecular complexity index is 773. The lowest BCUT2D eigenvalue weighted by Crippen LogP contribution is -2.28. The van der Waals surface area contributed by atoms with Gasteiger partial charge in [0.05, 0.1) is 0 Å². The molecule has 0 aliphatic heterocycles. The standard InChI is InChI=1S/C19H20ClNO/c20-16-6-3-5-14(10-16)17-11-15-4-1-2-7-18(15)21(19(17)22)12-13-8-9-13/h3,5-6,10-11,13H,1-2,4,7-9,12H2. The van der Waals surface area contributed by atoms with Crippen LogP contribution in [0.25, 0.3) is 11.1 Å². The van der Waals surface area contributed by atoms with Crippen LogP contribution in [-0.2, 0) is 19.4 Å². The van der Waals surface area contributed by atoms with E-state index in [9.17, 15) is 4.79 Å². The Morgan fingerprint density at radius 1 is 1.14 bits per heavy atom. The van der Waals surface area contributed by atoms with Crippen LogP contribution in [-0.4, -0.2) is 4.57 Å². The van der Waals surface area contributed by atoms with Gasteiger partial charge < -0.3 is 4.57 Å². The molecule has 0 spiro atoms. The molecule has 22 heavy (non-hydrogen) atoms. The van der Waals surface area contributed by atoms with Gasteiger partial charge in [0.2, 0.25) is 0 Å². The third-order valence-corrected chi connectivity index (χ3v) is 5.11. The molecule has 1 aromatic carbocycles. The molecule has 0 bridgehead atoms. The van der Waals surface area contributed by atoms with Crippen molar-refractivity contribution in [2.45, 2.75) is 45.1 Å². The fraction of sp³-hybridized carbons (Fsp3) is 0.421. The van der Waals surface area contributed by atoms with E-state index >= 15 is 0 Å². The second-order valence-electron chi connectivity index (χ2n) is 6.61. The quantitative estimate of drug-likeness (QED) is 0.820. The fourth-order valence-corrected chi connectivity index (χ4v) is 3.69. The molecular formula is C19H20ClNO. The third-order valence-electron chi connectivity index (χ3n) is 4.87. The summed E-state index contributed by atoms with van der Waals surface area (Å²) < 4.78 is 2.07. The van der Waals surface area contributed by atoms with Crippen molar-refractivity contribution < 1.29 is 0 Å². The van der Waals surface area contributed by atoms with Gasteiger partial charge in [-0.1, -0.05) is 23.7 Å². The number of rotatable bonds is 3. The Balaban J connectivity index is 1.89. The van der Waals surface area contributed by atoms with Crippen molar-refractivity contribution >= 4 is 11.6 Å². The first kappa shape index (κ1) is 14.1. The summed E-state index contributed by atoms with van der Waals surface area (Å²) >= 11 is 6.12. The summed E-state index contributed by atoms with van der Waals surface area (Å²) in [6.45, 7) is 0.898. The van der Waals surface area contributed by atoms with Crippen LogP contribution < -0.4 is 5.56 Å². The van der Waals surface area contributed by atoms with Crippen molar-refractivity contribution in [1.29, 1.82) is 0 Å². The van der Waals surface area contributed by atoms with Gasteiger partial charge in [-0.2, -0.15) is 0 Å². The smallest absolute Gasteiger partial charge is 0.258 e. The summed E-state index contributed by atoms with van der Waals surface area (Å²) in [5.41, 5.74) is 4.56. The average Bonchev–Trinajstić information content (AvgIpc) is 3.34. The minimum atomic E-state index is 0.162. The molecule has 114 valence electrons. The fourth-order valence-electron chi connectivity index (χ4n) is 3.50. The number of hydrogen-bond acceptors (Lipinski definition) is 1. The van der Waals surface area contributed by atoms with Crippen LogP contribution in [0.3, 0.4) is 0 Å². The third kappa shape index (κ3) is 2.61. The summed E-state index contributed by atoms with van der Waals surface area (Å²) in [4.78, 5) is 13.0. The highest BCUT2D eigenvalue weighted by Gasteiger charge is 2.26. The zero-order chi connectivity index (χ0) is 15.1. The second-order valence-corrected chi connectivity index (χ2v) is 7.04. The lowest BCUT2D eigenvalue weighted by atomic mass is 9.92. The predicted octanol–water partition coefficient (Wildman–Crippen LogP) is 4.46. The van der Waals surface area contributed by atoms with Gasteiger partial charge in [-0.25, -0.2) is 0 Å². The molecule has 4 rings (SSSR count). The van der Waals surface area contributed by atoms with Crippen molar-refractivity contribution in [2.75, 3.05) is 0 Å². The van der Waals surface area contributed by atoms with Crippen molar-refractivity contribution in [1.82, 2.24) is 4.57 Å². The molecule has 2 aliphatic rings. The van der Waals surface area contributed by atoms with Crippen LogP contribution in [0.4, 0.5) is 0 Å². The van der Waals surface area contributed by atoms with Crippen molar-refractivity contribution in [2.24, 2.45) is 5.92 Å². The van der Waals surface area contributed by atoms with Gasteiger partial charge in [0, 0.05) is 22.8 Å². The Hall–Kier alpha value is -1.54. The van der Waals surface area contributed by atoms with Crippen LogP contribution in [0.1, 0.15) is 36.9 Å². The summed E-state index contributed by atoms with van der Waals surface area (Å²) in [5.74, 6) is 0.707. The topological polar surface area (TPSA) is 22.0 Å². The van der Waals surface area contributed by atoms with Crippen LogP contribution in [0.15, 0.2) is 35.1 Å². The molecule has 2 aliphatic carbocycles. The number of aromatic nitrogens is 1. The Labute approximate surface area is 135 Å². The van der Waals surface area contributed by atoms with Gasteiger partial charge in [-0.3, -0.25) is 4.79 Å². The maximum absolute atomic E-state index is 13.0. The Morgan fingerprint density at radius 2 is 1.95 bits per heavy atom. The number of fused-ring (bicyclic) bond motifs is 1. The van der Waals surface area contributed by atoms with E-state index in [1.807, 2.05) is 24.3 Å². The van der Waals surface area contributed by atoms with E-state index in [0.717, 1.165) is 30.5 Å². The molecule has 0 atom stereocenters. The number of nitrogens with zero attached hydrogens (tertiary/aromatic N) is 1. The number of halogens is 1. The molecule has 0 radical (unpaired) electrons. The maximum atomic E-state index is 13.0. The van der Waals surface area contributed by atoms with E-state index in [4.69, 9.17) is 11.6 Å². The summed E-state index contributed by atoms with van der Waals surface area (Å²) in [5, 5.41) is 0.684. The SMILES string of the molecule is O=c1c(-c2cccc(Cl)c2)cc2c(n1CC1CC1)CCCC2. The van der Waals surface area contributed by atoms with E-state index in [1.54, 1.807) is 0 Å². The lowest BCUT2D eigenvalue weighted by molar-refractivity contribution is 0.543. The van der Waals surface area contributed by atoms with E-state index in [2.05, 4.69) is 10.6 Å². The molecule has 1 saturated carbocycles. The highest BCUT2D eigenvalue weighted by atomic mass is 35.5. The minimum Gasteiger partial charge on any atom is -0.312 e. The molecule has 2 nitrogen and oxygen atoms in total. The lowest BCUT2D eigenvalue weighted by Gasteiger charge is -2.22. The monoisotopic (exact) mass is 313 g/mol. The zero-order valence-corrected chi connectivity index (χ0v) is 13.4. The molecule has 2 aromatic rings. The van der Waals surface area contributed by atoms with Crippen molar-refractivity contribution in [3.63, 3.8) is 0 Å². The predicted molar refractivity (Wildman–Crippen MR) is 90.5 cm³/mol. The highest BCUT2D eigenvalue weighted by Crippen LogP contribution is 2.33. The maximum Gasteiger partial charge on any atom is 0.258 e. The molecule has 0 unspecified atom stereocenters. The molecule has 0 saturated heterocycles. The molecule has 1 heterocycles. The number of pyridine rings is 1. The summed E-state index contributed by atoms with van der Waals surface area (Å²) in [6.07, 6.45) is 7.10. The molecule has 0 N–H and O–H groups in total. The van der Waals surface area contributed by atoms with Gasteiger partial charge >= 0.3 is 0 Å². The van der Waals surface area contributed by atoms with E-state index < -0.39 is 0 Å². The molecule has 1 fully saturated rings. The number of hydrogen-bond donors (Lipinski definition) is 0. The van der Waals surface area contributed by atoms with Crippen LogP contribution in [0.5, 0.6) is 0 Å². The summed E-state index contributed by atoms with van der Waals surface area (Å²) in [6, 6.07) is 9.77. The van der Waals surface area contributed by atoms with Crippen LogP contribution in [0, 0.1) is 5.92 Å². The number of aryl methyl sites for hydroxylation is 1. The molecule has 3 heteroatoms. The molecule has 0 amide bonds. The van der Waals surface area contributed by atoms with E-state index in [-0.39, 0.29) is 5.56 Å². The van der Waals surface area contributed by atoms with Crippen LogP contribution >= 0.6 is 11.6 Å². The van der Waals surface area contributed by atoms with Crippen molar-refractivity contribution in [3.05, 3.63) is 57.0 Å². The number of benzene rings is 1. The van der Waals surface area contributed by atoms with E-state index in [0.29, 0.717) is 10.9 Å². The first-order chi connectivity index (χ1) is 10.7. The van der Waals surface area contributed by atoms with Gasteiger partial charge in [-0.15, -0.1) is 0 Å². The Kier molecular flexibility index (Phi) is 3.57. The van der Waals surface area contributed by atoms with Gasteiger partial charge in [0.15, 0.2) is 0 Å². The molecular weight excluding hydrogens is 294 g/mol. The van der Waals surface area contributed by atoms with Gasteiger partial charge in [0.25, 0.3) is 5.56 Å². The zero-order valence-electron chi connectivity index (χ0n) is 12.6. The van der Waals surface area contributed by atoms with Crippen molar-refractivity contribution in [3.8, 4) is 11.1 Å². The largest absolute Gasteiger partial charge is 0.312 e. The second kappa shape index (κ2) is 5.58. The van der Waals surface area contributed by atoms with E-state index in [1.165, 1.54) is 36.9 Å².